The van der Waals surface area contributed by atoms with Gasteiger partial charge in [0.15, 0.2) is 0 Å². The van der Waals surface area contributed by atoms with Crippen LogP contribution in [0.15, 0.2) is 48.7 Å². The van der Waals surface area contributed by atoms with Gasteiger partial charge in [-0.05, 0) is 107 Å². The van der Waals surface area contributed by atoms with E-state index in [1.54, 1.807) is 0 Å². The summed E-state index contributed by atoms with van der Waals surface area (Å²) in [6.45, 7) is 9.19. The molecule has 268 valence electrons. The fourth-order valence-electron chi connectivity index (χ4n) is 7.34. The lowest BCUT2D eigenvalue weighted by Crippen LogP contribution is -2.48. The summed E-state index contributed by atoms with van der Waals surface area (Å²) in [4.78, 5) is 50.2. The van der Waals surface area contributed by atoms with Crippen LogP contribution in [0.25, 0.3) is 16.7 Å². The molecule has 0 spiro atoms. The number of amides is 1. The minimum Gasteiger partial charge on any atom is -0.481 e. The molecule has 50 heavy (non-hydrogen) atoms. The van der Waals surface area contributed by atoms with Crippen LogP contribution in [0.2, 0.25) is 0 Å². The number of aromatic amines is 1. The Morgan fingerprint density at radius 3 is 2.54 bits per heavy atom. The van der Waals surface area contributed by atoms with Crippen LogP contribution >= 0.6 is 0 Å². The van der Waals surface area contributed by atoms with E-state index in [9.17, 15) is 19.5 Å². The van der Waals surface area contributed by atoms with E-state index in [0.717, 1.165) is 83.7 Å². The number of rotatable bonds is 14. The number of likely N-dealkylation sites (tertiary alicyclic amines) is 1. The van der Waals surface area contributed by atoms with Crippen molar-refractivity contribution in [2.75, 3.05) is 57.8 Å². The number of aliphatic carboxylic acids is 1. The molecule has 2 saturated heterocycles. The summed E-state index contributed by atoms with van der Waals surface area (Å²) in [5.41, 5.74) is 11.4. The molecule has 5 heterocycles. The summed E-state index contributed by atoms with van der Waals surface area (Å²) >= 11 is 0. The monoisotopic (exact) mass is 684 g/mol. The Bertz CT molecular complexity index is 1740. The Balaban J connectivity index is 0.00000239. The maximum atomic E-state index is 12.7. The molecule has 2 aliphatic rings. The quantitative estimate of drug-likeness (QED) is 0.129. The number of aromatic nitrogens is 4. The second-order valence-electron chi connectivity index (χ2n) is 13.5. The van der Waals surface area contributed by atoms with Gasteiger partial charge in [0.2, 0.25) is 5.91 Å². The number of carbonyl (C=O) groups is 3. The van der Waals surface area contributed by atoms with E-state index < -0.39 is 5.97 Å². The number of pyridine rings is 1. The van der Waals surface area contributed by atoms with Crippen LogP contribution in [0, 0.1) is 19.8 Å². The first-order valence-electron chi connectivity index (χ1n) is 17.9. The van der Waals surface area contributed by atoms with E-state index in [0.29, 0.717) is 57.9 Å². The number of benzene rings is 1. The van der Waals surface area contributed by atoms with Crippen molar-refractivity contribution in [3.63, 3.8) is 0 Å². The van der Waals surface area contributed by atoms with Crippen LogP contribution in [-0.2, 0) is 20.8 Å². The van der Waals surface area contributed by atoms with Gasteiger partial charge in [-0.1, -0.05) is 0 Å². The Kier molecular flexibility index (Phi) is 12.8. The summed E-state index contributed by atoms with van der Waals surface area (Å²) in [6.07, 6.45) is 7.30. The predicted octanol–water partition coefficient (Wildman–Crippen LogP) is 4.47. The number of aldehydes is 1. The second kappa shape index (κ2) is 17.4. The SMILES string of the molecule is CN.Cc1cc(C)n(-c2cc(C(CC(=O)O)CN3CCC(CCc4ccc5cc[nH]c5n4)C3)cc(N3CCN(C(=O)CCCC=O)CC3)c2)n1. The van der Waals surface area contributed by atoms with Crippen molar-refractivity contribution >= 4 is 34.9 Å². The number of carbonyl (C=O) groups excluding carboxylic acids is 2. The lowest BCUT2D eigenvalue weighted by molar-refractivity contribution is -0.137. The smallest absolute Gasteiger partial charge is 0.304 e. The van der Waals surface area contributed by atoms with E-state index in [4.69, 9.17) is 10.1 Å². The van der Waals surface area contributed by atoms with Gasteiger partial charge in [0.1, 0.15) is 11.9 Å². The number of unbranched alkanes of at least 4 members (excludes halogenated alkanes) is 1. The van der Waals surface area contributed by atoms with Crippen LogP contribution in [0.1, 0.15) is 67.1 Å². The molecule has 2 aliphatic heterocycles. The van der Waals surface area contributed by atoms with Crippen molar-refractivity contribution in [1.29, 1.82) is 0 Å². The fraction of sp³-hybridized carbons (Fsp3) is 0.500. The van der Waals surface area contributed by atoms with Gasteiger partial charge in [-0.25, -0.2) is 9.67 Å². The van der Waals surface area contributed by atoms with Crippen molar-refractivity contribution in [2.24, 2.45) is 11.7 Å². The van der Waals surface area contributed by atoms with Crippen molar-refractivity contribution in [3.8, 4) is 5.69 Å². The maximum absolute atomic E-state index is 12.7. The summed E-state index contributed by atoms with van der Waals surface area (Å²) in [6, 6.07) is 14.7. The lowest BCUT2D eigenvalue weighted by atomic mass is 9.93. The minimum atomic E-state index is -0.804. The molecule has 0 bridgehead atoms. The first kappa shape index (κ1) is 36.7. The molecule has 12 nitrogen and oxygen atoms in total. The molecule has 4 aromatic rings. The number of H-pyrrole nitrogens is 1. The fourth-order valence-corrected chi connectivity index (χ4v) is 7.34. The largest absolute Gasteiger partial charge is 0.481 e. The van der Waals surface area contributed by atoms with E-state index in [-0.39, 0.29) is 18.2 Å². The van der Waals surface area contributed by atoms with Gasteiger partial charge in [-0.3, -0.25) is 9.59 Å². The summed E-state index contributed by atoms with van der Waals surface area (Å²) in [5, 5.41) is 15.9. The summed E-state index contributed by atoms with van der Waals surface area (Å²) in [5.74, 6) is -0.349. The molecule has 12 heteroatoms. The third-order valence-corrected chi connectivity index (χ3v) is 9.91. The van der Waals surface area contributed by atoms with Crippen molar-refractivity contribution in [3.05, 3.63) is 71.3 Å². The molecule has 2 atom stereocenters. The highest BCUT2D eigenvalue weighted by molar-refractivity contribution is 5.77. The molecular formula is C38H52N8O4. The summed E-state index contributed by atoms with van der Waals surface area (Å²) < 4.78 is 1.94. The average Bonchev–Trinajstić information content (AvgIpc) is 3.87. The highest BCUT2D eigenvalue weighted by atomic mass is 16.4. The zero-order chi connectivity index (χ0) is 35.6. The molecule has 1 amide bonds. The topological polar surface area (TPSA) is 154 Å². The highest BCUT2D eigenvalue weighted by Gasteiger charge is 2.28. The van der Waals surface area contributed by atoms with Gasteiger partial charge in [0.25, 0.3) is 0 Å². The zero-order valence-electron chi connectivity index (χ0n) is 29.7. The van der Waals surface area contributed by atoms with Crippen molar-refractivity contribution in [2.45, 2.75) is 64.7 Å². The van der Waals surface area contributed by atoms with Gasteiger partial charge in [-0.2, -0.15) is 5.10 Å². The molecule has 6 rings (SSSR count). The molecular weight excluding hydrogens is 632 g/mol. The number of hydrogen-bond donors (Lipinski definition) is 3. The molecule has 4 N–H and O–H groups in total. The molecule has 3 aromatic heterocycles. The number of piperazine rings is 1. The van der Waals surface area contributed by atoms with Crippen molar-refractivity contribution in [1.82, 2.24) is 29.5 Å². The van der Waals surface area contributed by atoms with Crippen LogP contribution in [0.5, 0.6) is 0 Å². The number of hydrogen-bond acceptors (Lipinski definition) is 8. The van der Waals surface area contributed by atoms with Crippen LogP contribution in [0.3, 0.4) is 0 Å². The van der Waals surface area contributed by atoms with Crippen LogP contribution < -0.4 is 10.6 Å². The lowest BCUT2D eigenvalue weighted by Gasteiger charge is -2.37. The van der Waals surface area contributed by atoms with Gasteiger partial charge in [-0.15, -0.1) is 0 Å². The Morgan fingerprint density at radius 1 is 1.04 bits per heavy atom. The number of fused-ring (bicyclic) bond motifs is 1. The number of nitrogens with two attached hydrogens (primary N) is 1. The predicted molar refractivity (Wildman–Crippen MR) is 196 cm³/mol. The number of nitrogens with zero attached hydrogens (tertiary/aromatic N) is 6. The molecule has 1 aromatic carbocycles. The first-order chi connectivity index (χ1) is 24.2. The standard InChI is InChI=1S/C37H47N7O4.CH5N/c1-26-19-27(2)44(40-26)34-21-30(20-33(23-34)42-14-16-43(17-15-42)35(46)5-3-4-18-45)31(22-36(47)48)25-41-13-11-28(24-41)6-8-32-9-7-29-10-12-38-37(29)39-32;1-2/h7,9-10,12,18-21,23,28,31H,3-6,8,11,13-17,22,24-25H2,1-2H3,(H,38,39)(H,47,48);2H2,1H3. The highest BCUT2D eigenvalue weighted by Crippen LogP contribution is 2.32. The van der Waals surface area contributed by atoms with Crippen LogP contribution in [0.4, 0.5) is 5.69 Å². The third kappa shape index (κ3) is 9.36. The second-order valence-corrected chi connectivity index (χ2v) is 13.5. The Hall–Kier alpha value is -4.55. The van der Waals surface area contributed by atoms with E-state index >= 15 is 0 Å². The third-order valence-electron chi connectivity index (χ3n) is 9.91. The van der Waals surface area contributed by atoms with Gasteiger partial charge >= 0.3 is 5.97 Å². The number of carboxylic acids is 1. The summed E-state index contributed by atoms with van der Waals surface area (Å²) in [7, 11) is 1.50. The molecule has 2 unspecified atom stereocenters. The zero-order valence-corrected chi connectivity index (χ0v) is 29.7. The molecule has 0 radical (unpaired) electrons. The number of anilines is 1. The van der Waals surface area contributed by atoms with E-state index in [2.05, 4.69) is 50.8 Å². The van der Waals surface area contributed by atoms with E-state index in [1.165, 1.54) is 7.05 Å². The maximum Gasteiger partial charge on any atom is 0.304 e. The van der Waals surface area contributed by atoms with Crippen molar-refractivity contribution < 1.29 is 19.5 Å². The molecule has 0 saturated carbocycles. The minimum absolute atomic E-state index is 0.0460. The average molecular weight is 685 g/mol. The first-order valence-corrected chi connectivity index (χ1v) is 17.9. The van der Waals surface area contributed by atoms with E-state index in [1.807, 2.05) is 41.8 Å². The van der Waals surface area contributed by atoms with Gasteiger partial charge in [0, 0.05) is 86.7 Å². The Labute approximate surface area is 294 Å². The normalized spacial score (nSPS) is 17.1. The number of carboxylic acid groups (broad SMARTS) is 1. The van der Waals surface area contributed by atoms with Crippen LogP contribution in [-0.4, -0.2) is 106 Å². The molecule has 0 aliphatic carbocycles. The Morgan fingerprint density at radius 2 is 1.82 bits per heavy atom. The number of aryl methyl sites for hydroxylation is 3. The number of nitrogens with one attached hydrogen (secondary N) is 1. The molecule has 2 fully saturated rings. The van der Waals surface area contributed by atoms with Gasteiger partial charge < -0.3 is 35.3 Å². The van der Waals surface area contributed by atoms with Gasteiger partial charge in [0.05, 0.1) is 17.8 Å².